The van der Waals surface area contributed by atoms with E-state index >= 15 is 0 Å². The van der Waals surface area contributed by atoms with Crippen LogP contribution in [0.1, 0.15) is 31.2 Å². The highest BCUT2D eigenvalue weighted by atomic mass is 19.1. The molecule has 0 saturated carbocycles. The molecule has 2 N–H and O–H groups in total. The number of urea groups is 1. The normalized spacial score (nSPS) is 18.4. The third-order valence-electron chi connectivity index (χ3n) is 3.75. The summed E-state index contributed by atoms with van der Waals surface area (Å²) in [6.07, 6.45) is 2.32. The monoisotopic (exact) mass is 294 g/mol. The second-order valence-electron chi connectivity index (χ2n) is 5.30. The molecule has 114 valence electrons. The predicted molar refractivity (Wildman–Crippen MR) is 76.8 cm³/mol. The Morgan fingerprint density at radius 1 is 1.43 bits per heavy atom. The number of carbonyl (C=O) groups is 2. The van der Waals surface area contributed by atoms with Gasteiger partial charge < -0.3 is 15.3 Å². The highest BCUT2D eigenvalue weighted by Crippen LogP contribution is 2.23. The number of amides is 2. The third kappa shape index (κ3) is 3.71. The summed E-state index contributed by atoms with van der Waals surface area (Å²) in [6, 6.07) is 3.81. The van der Waals surface area contributed by atoms with Gasteiger partial charge in [0.25, 0.3) is 0 Å². The number of carboxylic acid groups (broad SMARTS) is 1. The summed E-state index contributed by atoms with van der Waals surface area (Å²) in [5.41, 5.74) is 0.789. The summed E-state index contributed by atoms with van der Waals surface area (Å²) in [5.74, 6) is -1.42. The molecule has 1 fully saturated rings. The first-order valence-corrected chi connectivity index (χ1v) is 7.03. The lowest BCUT2D eigenvalue weighted by molar-refractivity contribution is -0.138. The molecule has 1 atom stereocenters. The number of nitrogens with zero attached hydrogens (tertiary/aromatic N) is 1. The van der Waals surface area contributed by atoms with Gasteiger partial charge in [-0.1, -0.05) is 12.1 Å². The predicted octanol–water partition coefficient (Wildman–Crippen LogP) is 3.00. The van der Waals surface area contributed by atoms with Crippen molar-refractivity contribution in [2.75, 3.05) is 11.9 Å². The highest BCUT2D eigenvalue weighted by molar-refractivity contribution is 5.90. The van der Waals surface area contributed by atoms with Crippen LogP contribution in [-0.2, 0) is 4.79 Å². The van der Waals surface area contributed by atoms with Crippen LogP contribution >= 0.6 is 0 Å². The smallest absolute Gasteiger partial charge is 0.322 e. The van der Waals surface area contributed by atoms with E-state index in [9.17, 15) is 14.0 Å². The Balaban J connectivity index is 2.12. The molecule has 1 unspecified atom stereocenters. The molecule has 1 aliphatic heterocycles. The second-order valence-corrected chi connectivity index (χ2v) is 5.30. The number of aryl methyl sites for hydroxylation is 1. The van der Waals surface area contributed by atoms with Crippen molar-refractivity contribution in [2.45, 2.75) is 38.6 Å². The topological polar surface area (TPSA) is 69.6 Å². The van der Waals surface area contributed by atoms with Crippen molar-refractivity contribution in [3.05, 3.63) is 29.6 Å². The van der Waals surface area contributed by atoms with E-state index in [0.717, 1.165) is 12.8 Å². The molecule has 1 aliphatic rings. The summed E-state index contributed by atoms with van der Waals surface area (Å²) in [5, 5.41) is 11.5. The number of hydrogen-bond acceptors (Lipinski definition) is 2. The zero-order valence-electron chi connectivity index (χ0n) is 11.9. The van der Waals surface area contributed by atoms with Gasteiger partial charge in [0.2, 0.25) is 0 Å². The number of piperidine rings is 1. The number of para-hydroxylation sites is 1. The first-order valence-electron chi connectivity index (χ1n) is 7.03. The molecule has 1 aromatic rings. The number of halogens is 1. The standard InChI is InChI=1S/C15H19FN2O3/c1-10-5-4-7-12(16)14(10)17-15(21)18-8-3-2-6-11(18)9-13(19)20/h4-5,7,11H,2-3,6,8-9H2,1H3,(H,17,21)(H,19,20). The fourth-order valence-corrected chi connectivity index (χ4v) is 2.65. The SMILES string of the molecule is Cc1cccc(F)c1NC(=O)N1CCCCC1CC(=O)O. The van der Waals surface area contributed by atoms with E-state index < -0.39 is 17.8 Å². The van der Waals surface area contributed by atoms with Crippen LogP contribution in [0.15, 0.2) is 18.2 Å². The Kier molecular flexibility index (Phi) is 4.77. The zero-order chi connectivity index (χ0) is 15.4. The number of anilines is 1. The van der Waals surface area contributed by atoms with E-state index in [1.807, 2.05) is 0 Å². The molecular weight excluding hydrogens is 275 g/mol. The molecule has 2 rings (SSSR count). The van der Waals surface area contributed by atoms with Crippen molar-refractivity contribution in [3.63, 3.8) is 0 Å². The number of nitrogens with one attached hydrogen (secondary N) is 1. The maximum Gasteiger partial charge on any atom is 0.322 e. The lowest BCUT2D eigenvalue weighted by atomic mass is 10.00. The summed E-state index contributed by atoms with van der Waals surface area (Å²) < 4.78 is 13.8. The van der Waals surface area contributed by atoms with Gasteiger partial charge in [-0.2, -0.15) is 0 Å². The summed E-state index contributed by atoms with van der Waals surface area (Å²) in [6.45, 7) is 2.21. The minimum Gasteiger partial charge on any atom is -0.481 e. The Labute approximate surface area is 122 Å². The lowest BCUT2D eigenvalue weighted by Gasteiger charge is -2.35. The molecule has 21 heavy (non-hydrogen) atoms. The molecule has 0 radical (unpaired) electrons. The van der Waals surface area contributed by atoms with Gasteiger partial charge in [-0.05, 0) is 37.8 Å². The van der Waals surface area contributed by atoms with E-state index in [2.05, 4.69) is 5.32 Å². The van der Waals surface area contributed by atoms with Crippen molar-refractivity contribution in [3.8, 4) is 0 Å². The molecule has 1 heterocycles. The first-order chi connectivity index (χ1) is 9.99. The molecule has 1 saturated heterocycles. The van der Waals surface area contributed by atoms with E-state index in [4.69, 9.17) is 5.11 Å². The van der Waals surface area contributed by atoms with Gasteiger partial charge in [-0.3, -0.25) is 4.79 Å². The van der Waals surface area contributed by atoms with Crippen LogP contribution in [0.5, 0.6) is 0 Å². The molecule has 5 nitrogen and oxygen atoms in total. The van der Waals surface area contributed by atoms with Crippen molar-refractivity contribution in [2.24, 2.45) is 0 Å². The summed E-state index contributed by atoms with van der Waals surface area (Å²) in [7, 11) is 0. The fraction of sp³-hybridized carbons (Fsp3) is 0.467. The van der Waals surface area contributed by atoms with Crippen LogP contribution in [0.2, 0.25) is 0 Å². The minimum absolute atomic E-state index is 0.0797. The van der Waals surface area contributed by atoms with Gasteiger partial charge in [-0.15, -0.1) is 0 Å². The largest absolute Gasteiger partial charge is 0.481 e. The van der Waals surface area contributed by atoms with Gasteiger partial charge in [0, 0.05) is 12.6 Å². The van der Waals surface area contributed by atoms with Crippen LogP contribution in [0, 0.1) is 12.7 Å². The van der Waals surface area contributed by atoms with Gasteiger partial charge in [0.1, 0.15) is 5.82 Å². The van der Waals surface area contributed by atoms with Crippen LogP contribution < -0.4 is 5.32 Å². The summed E-state index contributed by atoms with van der Waals surface area (Å²) in [4.78, 5) is 24.7. The molecule has 6 heteroatoms. The maximum absolute atomic E-state index is 13.8. The first kappa shape index (κ1) is 15.3. The second kappa shape index (κ2) is 6.56. The molecule has 0 bridgehead atoms. The van der Waals surface area contributed by atoms with Crippen molar-refractivity contribution in [1.29, 1.82) is 0 Å². The molecular formula is C15H19FN2O3. The fourth-order valence-electron chi connectivity index (χ4n) is 2.65. The number of carboxylic acids is 1. The van der Waals surface area contributed by atoms with Crippen LogP contribution in [0.3, 0.4) is 0 Å². The van der Waals surface area contributed by atoms with Gasteiger partial charge in [0.15, 0.2) is 0 Å². The highest BCUT2D eigenvalue weighted by Gasteiger charge is 2.29. The quantitative estimate of drug-likeness (QED) is 0.900. The van der Waals surface area contributed by atoms with E-state index in [1.54, 1.807) is 19.1 Å². The molecule has 0 aliphatic carbocycles. The number of benzene rings is 1. The molecule has 0 spiro atoms. The van der Waals surface area contributed by atoms with Crippen molar-refractivity contribution in [1.82, 2.24) is 4.90 Å². The van der Waals surface area contributed by atoms with Crippen LogP contribution in [0.25, 0.3) is 0 Å². The Morgan fingerprint density at radius 3 is 2.86 bits per heavy atom. The van der Waals surface area contributed by atoms with Crippen LogP contribution in [0.4, 0.5) is 14.9 Å². The number of likely N-dealkylation sites (tertiary alicyclic amines) is 1. The molecule has 2 amide bonds. The lowest BCUT2D eigenvalue weighted by Crippen LogP contribution is -2.46. The van der Waals surface area contributed by atoms with Crippen molar-refractivity contribution >= 4 is 17.7 Å². The Bertz CT molecular complexity index is 527. The third-order valence-corrected chi connectivity index (χ3v) is 3.75. The number of rotatable bonds is 3. The minimum atomic E-state index is -0.929. The maximum atomic E-state index is 13.8. The van der Waals surface area contributed by atoms with Gasteiger partial charge >= 0.3 is 12.0 Å². The average Bonchev–Trinajstić information content (AvgIpc) is 2.43. The molecule has 0 aromatic heterocycles. The van der Waals surface area contributed by atoms with E-state index in [-0.39, 0.29) is 18.2 Å². The Morgan fingerprint density at radius 2 is 2.19 bits per heavy atom. The van der Waals surface area contributed by atoms with Crippen LogP contribution in [-0.4, -0.2) is 34.6 Å². The average molecular weight is 294 g/mol. The summed E-state index contributed by atoms with van der Waals surface area (Å²) >= 11 is 0. The number of hydrogen-bond donors (Lipinski definition) is 2. The number of carbonyl (C=O) groups excluding carboxylic acids is 1. The van der Waals surface area contributed by atoms with Gasteiger partial charge in [-0.25, -0.2) is 9.18 Å². The molecule has 1 aromatic carbocycles. The zero-order valence-corrected chi connectivity index (χ0v) is 11.9. The van der Waals surface area contributed by atoms with Gasteiger partial charge in [0.05, 0.1) is 12.1 Å². The van der Waals surface area contributed by atoms with Crippen molar-refractivity contribution < 1.29 is 19.1 Å². The van der Waals surface area contributed by atoms with E-state index in [0.29, 0.717) is 18.5 Å². The Hall–Kier alpha value is -2.11. The number of aliphatic carboxylic acids is 1. The van der Waals surface area contributed by atoms with E-state index in [1.165, 1.54) is 11.0 Å².